The van der Waals surface area contributed by atoms with Crippen molar-refractivity contribution in [3.8, 4) is 0 Å². The summed E-state index contributed by atoms with van der Waals surface area (Å²) in [7, 11) is 3.79. The molecular weight excluding hydrogens is 312 g/mol. The summed E-state index contributed by atoms with van der Waals surface area (Å²) in [5.41, 5.74) is 1.65. The summed E-state index contributed by atoms with van der Waals surface area (Å²) in [6.45, 7) is 0. The van der Waals surface area contributed by atoms with Gasteiger partial charge in [0.1, 0.15) is 0 Å². The second kappa shape index (κ2) is 7.23. The zero-order valence-electron chi connectivity index (χ0n) is 13.1. The van der Waals surface area contributed by atoms with E-state index in [2.05, 4.69) is 10.6 Å². The Labute approximate surface area is 138 Å². The Balaban J connectivity index is 1.96. The summed E-state index contributed by atoms with van der Waals surface area (Å²) >= 11 is 0. The average Bonchev–Trinajstić information content (AvgIpc) is 2.55. The van der Waals surface area contributed by atoms with E-state index in [1.807, 2.05) is 31.1 Å². The van der Waals surface area contributed by atoms with Crippen molar-refractivity contribution in [2.24, 2.45) is 0 Å². The van der Waals surface area contributed by atoms with Crippen LogP contribution in [0.1, 0.15) is 0 Å². The predicted octanol–water partition coefficient (Wildman–Crippen LogP) is 2.24. The molecule has 2 rings (SSSR count). The molecule has 0 unspecified atom stereocenters. The van der Waals surface area contributed by atoms with Gasteiger partial charge in [-0.1, -0.05) is 0 Å². The van der Waals surface area contributed by atoms with Crippen LogP contribution in [0.5, 0.6) is 0 Å². The maximum absolute atomic E-state index is 11.9. The Morgan fingerprint density at radius 3 is 1.67 bits per heavy atom. The lowest BCUT2D eigenvalue weighted by atomic mass is 10.2. The van der Waals surface area contributed by atoms with Gasteiger partial charge in [-0.3, -0.25) is 19.7 Å². The van der Waals surface area contributed by atoms with Gasteiger partial charge in [0.25, 0.3) is 5.69 Å². The third kappa shape index (κ3) is 4.29. The smallest absolute Gasteiger partial charge is 0.314 e. The van der Waals surface area contributed by atoms with Gasteiger partial charge in [-0.05, 0) is 36.4 Å². The molecule has 0 saturated carbocycles. The minimum absolute atomic E-state index is 0.0987. The third-order valence-electron chi connectivity index (χ3n) is 3.18. The molecule has 2 N–H and O–H groups in total. The van der Waals surface area contributed by atoms with Gasteiger partial charge in [-0.2, -0.15) is 0 Å². The average molecular weight is 328 g/mol. The number of rotatable bonds is 4. The molecule has 8 heteroatoms. The molecule has 2 amide bonds. The van der Waals surface area contributed by atoms with Crippen LogP contribution >= 0.6 is 0 Å². The number of nitro groups is 1. The number of benzene rings is 2. The van der Waals surface area contributed by atoms with E-state index in [-0.39, 0.29) is 5.69 Å². The highest BCUT2D eigenvalue weighted by Crippen LogP contribution is 2.17. The predicted molar refractivity (Wildman–Crippen MR) is 91.1 cm³/mol. The summed E-state index contributed by atoms with van der Waals surface area (Å²) in [6.07, 6.45) is 0. The summed E-state index contributed by atoms with van der Waals surface area (Å²) in [5, 5.41) is 15.4. The molecule has 0 spiro atoms. The fraction of sp³-hybridized carbons (Fsp3) is 0.125. The summed E-state index contributed by atoms with van der Waals surface area (Å²) < 4.78 is 0. The molecule has 0 heterocycles. The topological polar surface area (TPSA) is 105 Å². The van der Waals surface area contributed by atoms with Gasteiger partial charge >= 0.3 is 11.8 Å². The largest absolute Gasteiger partial charge is 0.378 e. The molecule has 0 aliphatic carbocycles. The van der Waals surface area contributed by atoms with E-state index in [1.54, 1.807) is 12.1 Å². The molecule has 0 saturated heterocycles. The molecule has 0 aliphatic heterocycles. The van der Waals surface area contributed by atoms with Crippen molar-refractivity contribution >= 4 is 34.6 Å². The standard InChI is InChI=1S/C16H16N4O4/c1-19(2)13-7-3-11(4-8-13)17-15(21)16(22)18-12-5-9-14(10-6-12)20(23)24/h3-10H,1-2H3,(H,17,21)(H,18,22). The number of anilines is 3. The third-order valence-corrected chi connectivity index (χ3v) is 3.18. The van der Waals surface area contributed by atoms with Crippen LogP contribution in [0, 0.1) is 10.1 Å². The lowest BCUT2D eigenvalue weighted by Gasteiger charge is -2.13. The molecule has 0 radical (unpaired) electrons. The minimum Gasteiger partial charge on any atom is -0.378 e. The molecule has 0 atom stereocenters. The van der Waals surface area contributed by atoms with Crippen molar-refractivity contribution in [2.75, 3.05) is 29.6 Å². The quantitative estimate of drug-likeness (QED) is 0.509. The van der Waals surface area contributed by atoms with Crippen LogP contribution in [0.4, 0.5) is 22.7 Å². The Hall–Kier alpha value is -3.42. The first kappa shape index (κ1) is 16.9. The zero-order chi connectivity index (χ0) is 17.7. The number of hydrogen-bond acceptors (Lipinski definition) is 5. The van der Waals surface area contributed by atoms with E-state index in [0.717, 1.165) is 5.69 Å². The Morgan fingerprint density at radius 1 is 0.875 bits per heavy atom. The minimum atomic E-state index is -0.861. The molecule has 0 bridgehead atoms. The van der Waals surface area contributed by atoms with Gasteiger partial charge in [0.2, 0.25) is 0 Å². The lowest BCUT2D eigenvalue weighted by molar-refractivity contribution is -0.384. The summed E-state index contributed by atoms with van der Waals surface area (Å²) in [6, 6.07) is 12.2. The normalized spacial score (nSPS) is 9.92. The van der Waals surface area contributed by atoms with Crippen molar-refractivity contribution in [3.63, 3.8) is 0 Å². The number of nitro benzene ring substituents is 1. The van der Waals surface area contributed by atoms with E-state index in [0.29, 0.717) is 11.4 Å². The molecule has 2 aromatic rings. The molecule has 2 aromatic carbocycles. The van der Waals surface area contributed by atoms with E-state index >= 15 is 0 Å². The number of nitrogens with one attached hydrogen (secondary N) is 2. The SMILES string of the molecule is CN(C)c1ccc(NC(=O)C(=O)Nc2ccc([N+](=O)[O-])cc2)cc1. The Morgan fingerprint density at radius 2 is 1.29 bits per heavy atom. The molecule has 0 aliphatic rings. The van der Waals surface area contributed by atoms with E-state index < -0.39 is 16.7 Å². The first-order chi connectivity index (χ1) is 11.4. The Bertz CT molecular complexity index is 755. The monoisotopic (exact) mass is 328 g/mol. The van der Waals surface area contributed by atoms with E-state index in [1.165, 1.54) is 24.3 Å². The van der Waals surface area contributed by atoms with Gasteiger partial charge in [-0.15, -0.1) is 0 Å². The maximum Gasteiger partial charge on any atom is 0.314 e. The summed E-state index contributed by atoms with van der Waals surface area (Å²) in [5.74, 6) is -1.69. The van der Waals surface area contributed by atoms with Gasteiger partial charge < -0.3 is 15.5 Å². The molecular formula is C16H16N4O4. The molecule has 0 fully saturated rings. The van der Waals surface area contributed by atoms with Crippen molar-refractivity contribution in [3.05, 3.63) is 58.6 Å². The first-order valence-corrected chi connectivity index (χ1v) is 7.01. The van der Waals surface area contributed by atoms with Crippen molar-refractivity contribution < 1.29 is 14.5 Å². The van der Waals surface area contributed by atoms with Gasteiger partial charge in [0, 0.05) is 43.3 Å². The molecule has 8 nitrogen and oxygen atoms in total. The lowest BCUT2D eigenvalue weighted by Crippen LogP contribution is -2.29. The van der Waals surface area contributed by atoms with Crippen molar-refractivity contribution in [2.45, 2.75) is 0 Å². The first-order valence-electron chi connectivity index (χ1n) is 7.01. The van der Waals surface area contributed by atoms with Crippen LogP contribution in [0.15, 0.2) is 48.5 Å². The van der Waals surface area contributed by atoms with E-state index in [4.69, 9.17) is 0 Å². The van der Waals surface area contributed by atoms with Crippen molar-refractivity contribution in [1.82, 2.24) is 0 Å². The maximum atomic E-state index is 11.9. The number of non-ortho nitro benzene ring substituents is 1. The number of carbonyl (C=O) groups excluding carboxylic acids is 2. The second-order valence-electron chi connectivity index (χ2n) is 5.15. The van der Waals surface area contributed by atoms with Crippen LogP contribution in [0.3, 0.4) is 0 Å². The number of amides is 2. The van der Waals surface area contributed by atoms with Crippen LogP contribution in [0.2, 0.25) is 0 Å². The van der Waals surface area contributed by atoms with Gasteiger partial charge in [0.05, 0.1) is 4.92 Å². The van der Waals surface area contributed by atoms with E-state index in [9.17, 15) is 19.7 Å². The zero-order valence-corrected chi connectivity index (χ0v) is 13.1. The number of hydrogen-bond donors (Lipinski definition) is 2. The van der Waals surface area contributed by atoms with Crippen LogP contribution in [-0.4, -0.2) is 30.8 Å². The van der Waals surface area contributed by atoms with Crippen LogP contribution < -0.4 is 15.5 Å². The number of carbonyl (C=O) groups is 2. The Kier molecular flexibility index (Phi) is 5.10. The summed E-state index contributed by atoms with van der Waals surface area (Å²) in [4.78, 5) is 35.6. The highest BCUT2D eigenvalue weighted by Gasteiger charge is 2.14. The fourth-order valence-corrected chi connectivity index (χ4v) is 1.89. The molecule has 124 valence electrons. The molecule has 0 aromatic heterocycles. The molecule has 24 heavy (non-hydrogen) atoms. The fourth-order valence-electron chi connectivity index (χ4n) is 1.89. The second-order valence-corrected chi connectivity index (χ2v) is 5.15. The van der Waals surface area contributed by atoms with Gasteiger partial charge in [0.15, 0.2) is 0 Å². The van der Waals surface area contributed by atoms with Crippen LogP contribution in [-0.2, 0) is 9.59 Å². The van der Waals surface area contributed by atoms with Crippen molar-refractivity contribution in [1.29, 1.82) is 0 Å². The highest BCUT2D eigenvalue weighted by atomic mass is 16.6. The number of nitrogens with zero attached hydrogens (tertiary/aromatic N) is 2. The van der Waals surface area contributed by atoms with Crippen LogP contribution in [0.25, 0.3) is 0 Å². The van der Waals surface area contributed by atoms with Gasteiger partial charge in [-0.25, -0.2) is 0 Å². The highest BCUT2D eigenvalue weighted by molar-refractivity contribution is 6.43.